The van der Waals surface area contributed by atoms with E-state index >= 15 is 0 Å². The van der Waals surface area contributed by atoms with Gasteiger partial charge in [-0.1, -0.05) is 65.3 Å². The number of amides is 2. The summed E-state index contributed by atoms with van der Waals surface area (Å²) in [4.78, 5) is 24.2. The van der Waals surface area contributed by atoms with Crippen LogP contribution in [-0.2, 0) is 9.59 Å². The molecule has 1 heterocycles. The van der Waals surface area contributed by atoms with Crippen LogP contribution in [0.15, 0.2) is 58.7 Å². The molecule has 2 aromatic carbocycles. The van der Waals surface area contributed by atoms with Crippen molar-refractivity contribution in [1.29, 1.82) is 0 Å². The van der Waals surface area contributed by atoms with Crippen LogP contribution in [0.25, 0.3) is 0 Å². The molecular formula is C18H14Cl2N4O2S. The quantitative estimate of drug-likeness (QED) is 0.567. The van der Waals surface area contributed by atoms with Crippen LogP contribution in [-0.4, -0.2) is 28.4 Å². The first kappa shape index (κ1) is 19.4. The van der Waals surface area contributed by atoms with Crippen LogP contribution in [0.3, 0.4) is 0 Å². The Morgan fingerprint density at radius 3 is 2.70 bits per heavy atom. The van der Waals surface area contributed by atoms with Gasteiger partial charge in [-0.25, -0.2) is 0 Å². The molecule has 0 radical (unpaired) electrons. The van der Waals surface area contributed by atoms with Crippen LogP contribution >= 0.6 is 35.0 Å². The molecular weight excluding hydrogens is 407 g/mol. The highest BCUT2D eigenvalue weighted by Crippen LogP contribution is 2.26. The van der Waals surface area contributed by atoms with Crippen molar-refractivity contribution in [3.63, 3.8) is 0 Å². The number of thioether (sulfide) groups is 1. The van der Waals surface area contributed by atoms with Crippen molar-refractivity contribution in [3.8, 4) is 0 Å². The minimum absolute atomic E-state index is 0.00182. The maximum Gasteiger partial charge on any atom is 0.240 e. The molecule has 27 heavy (non-hydrogen) atoms. The Kier molecular flexibility index (Phi) is 6.49. The lowest BCUT2D eigenvalue weighted by Crippen LogP contribution is -2.28. The van der Waals surface area contributed by atoms with Crippen molar-refractivity contribution in [2.75, 3.05) is 5.32 Å². The van der Waals surface area contributed by atoms with E-state index in [1.807, 2.05) is 30.3 Å². The highest BCUT2D eigenvalue weighted by Gasteiger charge is 2.32. The van der Waals surface area contributed by atoms with Gasteiger partial charge >= 0.3 is 0 Å². The first-order valence-corrected chi connectivity index (χ1v) is 9.53. The topological polar surface area (TPSA) is 82.9 Å². The number of carbonyl (C=O) groups excluding carboxylic acids is 2. The molecule has 0 aromatic heterocycles. The summed E-state index contributed by atoms with van der Waals surface area (Å²) in [6.07, 6.45) is 1.59. The number of rotatable bonds is 5. The zero-order valence-corrected chi connectivity index (χ0v) is 16.2. The van der Waals surface area contributed by atoms with Crippen LogP contribution in [0.5, 0.6) is 0 Å². The van der Waals surface area contributed by atoms with Gasteiger partial charge in [0.1, 0.15) is 5.25 Å². The third-order valence-electron chi connectivity index (χ3n) is 3.51. The summed E-state index contributed by atoms with van der Waals surface area (Å²) >= 11 is 12.9. The van der Waals surface area contributed by atoms with Crippen LogP contribution < -0.4 is 10.6 Å². The summed E-state index contributed by atoms with van der Waals surface area (Å²) in [6.45, 7) is 0. The lowest BCUT2D eigenvalue weighted by atomic mass is 10.2. The third-order valence-corrected chi connectivity index (χ3v) is 5.32. The summed E-state index contributed by atoms with van der Waals surface area (Å²) in [5.41, 5.74) is 1.41. The Balaban J connectivity index is 1.55. The summed E-state index contributed by atoms with van der Waals surface area (Å²) in [5, 5.41) is 13.8. The van der Waals surface area contributed by atoms with Gasteiger partial charge in [0.15, 0.2) is 5.17 Å². The van der Waals surface area contributed by atoms with Gasteiger partial charge in [0, 0.05) is 12.1 Å². The number of benzene rings is 2. The normalized spacial score (nSPS) is 18.1. The number of nitrogens with one attached hydrogen (secondary N) is 2. The summed E-state index contributed by atoms with van der Waals surface area (Å²) in [5.74, 6) is -0.590. The van der Waals surface area contributed by atoms with Gasteiger partial charge in [0.05, 0.1) is 16.3 Å². The second-order valence-electron chi connectivity index (χ2n) is 5.54. The third kappa shape index (κ3) is 5.56. The summed E-state index contributed by atoms with van der Waals surface area (Å²) in [7, 11) is 0. The summed E-state index contributed by atoms with van der Waals surface area (Å²) < 4.78 is 0. The highest BCUT2D eigenvalue weighted by molar-refractivity contribution is 8.15. The fourth-order valence-electron chi connectivity index (χ4n) is 2.23. The number of hydrogen-bond acceptors (Lipinski definition) is 5. The van der Waals surface area contributed by atoms with Crippen molar-refractivity contribution in [1.82, 2.24) is 5.32 Å². The van der Waals surface area contributed by atoms with E-state index in [-0.39, 0.29) is 18.2 Å². The molecule has 2 N–H and O–H groups in total. The van der Waals surface area contributed by atoms with Crippen molar-refractivity contribution in [2.45, 2.75) is 11.7 Å². The fraction of sp³-hybridized carbons (Fsp3) is 0.111. The second kappa shape index (κ2) is 9.03. The molecule has 1 saturated heterocycles. The molecule has 0 spiro atoms. The van der Waals surface area contributed by atoms with Crippen LogP contribution in [0.2, 0.25) is 10.0 Å². The van der Waals surface area contributed by atoms with E-state index in [1.54, 1.807) is 24.4 Å². The Morgan fingerprint density at radius 2 is 1.96 bits per heavy atom. The highest BCUT2D eigenvalue weighted by atomic mass is 35.5. The maximum absolute atomic E-state index is 12.2. The Labute approximate surface area is 170 Å². The van der Waals surface area contributed by atoms with Crippen LogP contribution in [0.1, 0.15) is 12.0 Å². The largest absolute Gasteiger partial charge is 0.326 e. The zero-order chi connectivity index (χ0) is 19.2. The molecule has 1 aliphatic rings. The standard InChI is InChI=1S/C18H14Cl2N4O2S/c19-13-7-6-12(8-14(13)20)22-16(25)9-15-17(26)23-18(27-15)24-21-10-11-4-2-1-3-5-11/h1-8,10,15H,9H2,(H,22,25)(H,23,24,26)/b21-10+. The van der Waals surface area contributed by atoms with Crippen molar-refractivity contribution in [2.24, 2.45) is 10.2 Å². The van der Waals surface area contributed by atoms with Gasteiger partial charge in [-0.2, -0.15) is 5.10 Å². The Hall–Kier alpha value is -2.35. The lowest BCUT2D eigenvalue weighted by molar-refractivity contribution is -0.122. The van der Waals surface area contributed by atoms with Gasteiger partial charge in [-0.3, -0.25) is 9.59 Å². The molecule has 6 nitrogen and oxygen atoms in total. The number of hydrogen-bond donors (Lipinski definition) is 2. The minimum Gasteiger partial charge on any atom is -0.326 e. The molecule has 0 aliphatic carbocycles. The maximum atomic E-state index is 12.2. The molecule has 0 bridgehead atoms. The average Bonchev–Trinajstić information content (AvgIpc) is 2.98. The molecule has 1 unspecified atom stereocenters. The van der Waals surface area contributed by atoms with E-state index in [9.17, 15) is 9.59 Å². The number of anilines is 1. The molecule has 1 aliphatic heterocycles. The van der Waals surface area contributed by atoms with Gasteiger partial charge in [0.25, 0.3) is 0 Å². The molecule has 1 atom stereocenters. The lowest BCUT2D eigenvalue weighted by Gasteiger charge is -2.08. The van der Waals surface area contributed by atoms with Crippen molar-refractivity contribution < 1.29 is 9.59 Å². The first-order valence-electron chi connectivity index (χ1n) is 7.90. The van der Waals surface area contributed by atoms with Crippen molar-refractivity contribution in [3.05, 3.63) is 64.1 Å². The van der Waals surface area contributed by atoms with Crippen LogP contribution in [0.4, 0.5) is 5.69 Å². The van der Waals surface area contributed by atoms with E-state index in [0.29, 0.717) is 20.9 Å². The first-order chi connectivity index (χ1) is 13.0. The predicted octanol–water partition coefficient (Wildman–Crippen LogP) is 3.94. The molecule has 9 heteroatoms. The molecule has 2 amide bonds. The van der Waals surface area contributed by atoms with Gasteiger partial charge in [-0.15, -0.1) is 5.10 Å². The monoisotopic (exact) mass is 420 g/mol. The van der Waals surface area contributed by atoms with Gasteiger partial charge in [-0.05, 0) is 23.8 Å². The van der Waals surface area contributed by atoms with Gasteiger partial charge in [0.2, 0.25) is 11.8 Å². The van der Waals surface area contributed by atoms with E-state index in [0.717, 1.165) is 5.56 Å². The predicted molar refractivity (Wildman–Crippen MR) is 111 cm³/mol. The number of carbonyl (C=O) groups is 2. The molecule has 3 rings (SSSR count). The van der Waals surface area contributed by atoms with E-state index < -0.39 is 5.25 Å². The average molecular weight is 421 g/mol. The molecule has 0 saturated carbocycles. The number of nitrogens with zero attached hydrogens (tertiary/aromatic N) is 2. The smallest absolute Gasteiger partial charge is 0.240 e. The van der Waals surface area contributed by atoms with E-state index in [4.69, 9.17) is 23.2 Å². The summed E-state index contributed by atoms with van der Waals surface area (Å²) in [6, 6.07) is 14.2. The molecule has 1 fully saturated rings. The minimum atomic E-state index is -0.571. The fourth-order valence-corrected chi connectivity index (χ4v) is 3.45. The second-order valence-corrected chi connectivity index (χ2v) is 7.54. The van der Waals surface area contributed by atoms with E-state index in [1.165, 1.54) is 11.8 Å². The Bertz CT molecular complexity index is 919. The van der Waals surface area contributed by atoms with E-state index in [2.05, 4.69) is 20.8 Å². The molecule has 2 aromatic rings. The molecule has 138 valence electrons. The Morgan fingerprint density at radius 1 is 1.19 bits per heavy atom. The van der Waals surface area contributed by atoms with Gasteiger partial charge < -0.3 is 10.6 Å². The van der Waals surface area contributed by atoms with Crippen molar-refractivity contribution >= 4 is 63.8 Å². The number of halogens is 2. The zero-order valence-electron chi connectivity index (χ0n) is 13.9. The SMILES string of the molecule is O=C(CC1S/C(=N/N=C/c2ccccc2)NC1=O)Nc1ccc(Cl)c(Cl)c1. The van der Waals surface area contributed by atoms with Crippen LogP contribution in [0, 0.1) is 0 Å². The number of amidine groups is 1.